The van der Waals surface area contributed by atoms with E-state index >= 15 is 0 Å². The largest absolute Gasteiger partial charge is 0.435 e. The highest BCUT2D eigenvalue weighted by molar-refractivity contribution is 6.41. The highest BCUT2D eigenvalue weighted by Gasteiger charge is 2.39. The highest BCUT2D eigenvalue weighted by Crippen LogP contribution is 2.42. The second kappa shape index (κ2) is 7.94. The van der Waals surface area contributed by atoms with Crippen molar-refractivity contribution in [2.24, 2.45) is 0 Å². The summed E-state index contributed by atoms with van der Waals surface area (Å²) in [5.41, 5.74) is 0.120. The molecule has 1 aliphatic rings. The molecule has 2 aromatic heterocycles. The van der Waals surface area contributed by atoms with E-state index in [0.717, 1.165) is 18.9 Å². The van der Waals surface area contributed by atoms with Gasteiger partial charge < -0.3 is 5.32 Å². The van der Waals surface area contributed by atoms with Crippen LogP contribution in [0.3, 0.4) is 0 Å². The van der Waals surface area contributed by atoms with Crippen molar-refractivity contribution in [3.8, 4) is 0 Å². The number of carbonyl (C=O) groups is 1. The van der Waals surface area contributed by atoms with Crippen molar-refractivity contribution in [3.63, 3.8) is 0 Å². The molecule has 0 spiro atoms. The summed E-state index contributed by atoms with van der Waals surface area (Å²) in [4.78, 5) is 12.4. The molecule has 0 aromatic carbocycles. The first-order chi connectivity index (χ1) is 13.1. The lowest BCUT2D eigenvalue weighted by Gasteiger charge is -2.16. The Labute approximate surface area is 170 Å². The van der Waals surface area contributed by atoms with Crippen LogP contribution in [0.4, 0.5) is 13.2 Å². The van der Waals surface area contributed by atoms with E-state index in [1.54, 1.807) is 18.5 Å². The second-order valence-electron chi connectivity index (χ2n) is 6.90. The summed E-state index contributed by atoms with van der Waals surface area (Å²) in [5, 5.41) is 11.3. The van der Waals surface area contributed by atoms with Gasteiger partial charge in [-0.3, -0.25) is 14.2 Å². The van der Waals surface area contributed by atoms with Gasteiger partial charge in [-0.25, -0.2) is 0 Å². The van der Waals surface area contributed by atoms with Crippen LogP contribution >= 0.6 is 23.2 Å². The van der Waals surface area contributed by atoms with Gasteiger partial charge in [-0.1, -0.05) is 23.2 Å². The maximum Gasteiger partial charge on any atom is 0.435 e. The van der Waals surface area contributed by atoms with Gasteiger partial charge in [0.2, 0.25) is 5.91 Å². The summed E-state index contributed by atoms with van der Waals surface area (Å²) in [7, 11) is 0. The molecule has 11 heteroatoms. The smallest absolute Gasteiger partial charge is 0.354 e. The van der Waals surface area contributed by atoms with Crippen LogP contribution in [-0.2, 0) is 17.5 Å². The first-order valence-electron chi connectivity index (χ1n) is 8.92. The van der Waals surface area contributed by atoms with Crippen LogP contribution in [0.1, 0.15) is 55.2 Å². The van der Waals surface area contributed by atoms with Crippen LogP contribution in [0.2, 0.25) is 10.2 Å². The van der Waals surface area contributed by atoms with Crippen molar-refractivity contribution >= 4 is 29.1 Å². The number of aryl methyl sites for hydroxylation is 2. The van der Waals surface area contributed by atoms with Crippen molar-refractivity contribution < 1.29 is 18.0 Å². The summed E-state index contributed by atoms with van der Waals surface area (Å²) in [5.74, 6) is -0.353. The number of hydrogen-bond acceptors (Lipinski definition) is 3. The first-order valence-corrected chi connectivity index (χ1v) is 9.68. The van der Waals surface area contributed by atoms with Crippen LogP contribution in [-0.4, -0.2) is 32.0 Å². The molecule has 28 heavy (non-hydrogen) atoms. The molecule has 0 saturated heterocycles. The Balaban J connectivity index is 1.58. The lowest BCUT2D eigenvalue weighted by molar-refractivity contribution is -0.142. The van der Waals surface area contributed by atoms with Gasteiger partial charge in [0.15, 0.2) is 5.69 Å². The van der Waals surface area contributed by atoms with Gasteiger partial charge in [0.25, 0.3) is 0 Å². The molecular formula is C17H20Cl2F3N5O. The van der Waals surface area contributed by atoms with Gasteiger partial charge in [0.1, 0.15) is 16.2 Å². The molecule has 154 valence electrons. The molecule has 2 aromatic rings. The van der Waals surface area contributed by atoms with E-state index in [1.807, 2.05) is 0 Å². The van der Waals surface area contributed by atoms with Crippen molar-refractivity contribution in [2.75, 3.05) is 6.54 Å². The fourth-order valence-electron chi connectivity index (χ4n) is 2.92. The fraction of sp³-hybridized carbons (Fsp3) is 0.588. The number of nitrogens with zero attached hydrogens (tertiary/aromatic N) is 4. The highest BCUT2D eigenvalue weighted by atomic mass is 35.5. The average molecular weight is 438 g/mol. The molecule has 0 bridgehead atoms. The van der Waals surface area contributed by atoms with E-state index in [0.29, 0.717) is 41.1 Å². The first kappa shape index (κ1) is 21.0. The third-order valence-corrected chi connectivity index (χ3v) is 5.57. The maximum atomic E-state index is 13.0. The molecule has 3 rings (SSSR count). The minimum atomic E-state index is -4.53. The lowest BCUT2D eigenvalue weighted by atomic mass is 10.2. The maximum absolute atomic E-state index is 13.0. The van der Waals surface area contributed by atoms with Crippen molar-refractivity contribution in [1.29, 1.82) is 0 Å². The number of halogens is 5. The van der Waals surface area contributed by atoms with E-state index in [9.17, 15) is 18.0 Å². The molecule has 1 saturated carbocycles. The van der Waals surface area contributed by atoms with E-state index in [1.165, 1.54) is 4.68 Å². The minimum Gasteiger partial charge on any atom is -0.354 e. The van der Waals surface area contributed by atoms with E-state index < -0.39 is 17.9 Å². The molecular weight excluding hydrogens is 418 g/mol. The summed E-state index contributed by atoms with van der Waals surface area (Å²) in [6.07, 6.45) is -2.38. The normalized spacial score (nSPS) is 15.7. The number of carbonyl (C=O) groups excluding carboxylic acids is 1. The standard InChI is InChI=1S/C17H20Cl2F3N5O/c1-9-14(18)15(19)26(24-9)7-3-6-23-16(28)10(2)27-12(11-4-5-11)8-13(25-27)17(20,21)22/h8,10-11H,3-7H2,1-2H3,(H,23,28). The van der Waals surface area contributed by atoms with E-state index in [-0.39, 0.29) is 11.8 Å². The predicted octanol–water partition coefficient (Wildman–Crippen LogP) is 4.36. The molecule has 1 atom stereocenters. The Hall–Kier alpha value is -1.74. The van der Waals surface area contributed by atoms with Gasteiger partial charge in [-0.2, -0.15) is 23.4 Å². The third-order valence-electron chi connectivity index (χ3n) is 4.64. The topological polar surface area (TPSA) is 64.7 Å². The number of aromatic nitrogens is 4. The summed E-state index contributed by atoms with van der Waals surface area (Å²) >= 11 is 12.0. The fourth-order valence-corrected chi connectivity index (χ4v) is 3.31. The van der Waals surface area contributed by atoms with Crippen molar-refractivity contribution in [3.05, 3.63) is 33.3 Å². The van der Waals surface area contributed by atoms with Gasteiger partial charge in [-0.05, 0) is 39.2 Å². The van der Waals surface area contributed by atoms with Crippen molar-refractivity contribution in [1.82, 2.24) is 24.9 Å². The minimum absolute atomic E-state index is 0.0359. The Kier molecular flexibility index (Phi) is 5.95. The lowest BCUT2D eigenvalue weighted by Crippen LogP contribution is -2.33. The van der Waals surface area contributed by atoms with Crippen molar-refractivity contribution in [2.45, 2.75) is 57.8 Å². The molecule has 1 aliphatic carbocycles. The monoisotopic (exact) mass is 437 g/mol. The second-order valence-corrected chi connectivity index (χ2v) is 7.64. The number of nitrogens with one attached hydrogen (secondary N) is 1. The third kappa shape index (κ3) is 4.46. The van der Waals surface area contributed by atoms with E-state index in [4.69, 9.17) is 23.2 Å². The zero-order chi connectivity index (χ0) is 20.6. The molecule has 1 amide bonds. The van der Waals surface area contributed by atoms with Crippen LogP contribution in [0.25, 0.3) is 0 Å². The number of rotatable bonds is 7. The molecule has 0 radical (unpaired) electrons. The zero-order valence-electron chi connectivity index (χ0n) is 15.4. The van der Waals surface area contributed by atoms with Crippen LogP contribution < -0.4 is 5.32 Å². The van der Waals surface area contributed by atoms with E-state index in [2.05, 4.69) is 15.5 Å². The molecule has 1 unspecified atom stereocenters. The SMILES string of the molecule is Cc1nn(CCCNC(=O)C(C)n2nc(C(F)(F)F)cc2C2CC2)c(Cl)c1Cl. The number of hydrogen-bond donors (Lipinski definition) is 1. The number of amides is 1. The Bertz CT molecular complexity index is 873. The molecule has 1 fully saturated rings. The van der Waals surface area contributed by atoms with Crippen LogP contribution in [0, 0.1) is 6.92 Å². The van der Waals surface area contributed by atoms with Gasteiger partial charge in [-0.15, -0.1) is 0 Å². The summed E-state index contributed by atoms with van der Waals surface area (Å²) < 4.78 is 41.7. The Morgan fingerprint density at radius 3 is 2.57 bits per heavy atom. The number of alkyl halides is 3. The summed E-state index contributed by atoms with van der Waals surface area (Å²) in [6.45, 7) is 4.06. The quantitative estimate of drug-likeness (QED) is 0.654. The Morgan fingerprint density at radius 2 is 2.04 bits per heavy atom. The molecule has 2 heterocycles. The van der Waals surface area contributed by atoms with Gasteiger partial charge in [0, 0.05) is 24.7 Å². The molecule has 1 N–H and O–H groups in total. The summed E-state index contributed by atoms with van der Waals surface area (Å²) in [6, 6.07) is 0.212. The predicted molar refractivity (Wildman–Crippen MR) is 98.5 cm³/mol. The van der Waals surface area contributed by atoms with Crippen LogP contribution in [0.5, 0.6) is 0 Å². The van der Waals surface area contributed by atoms with Gasteiger partial charge in [0.05, 0.1) is 5.69 Å². The zero-order valence-corrected chi connectivity index (χ0v) is 16.9. The van der Waals surface area contributed by atoms with Crippen LogP contribution in [0.15, 0.2) is 6.07 Å². The van der Waals surface area contributed by atoms with Gasteiger partial charge >= 0.3 is 6.18 Å². The Morgan fingerprint density at radius 1 is 1.36 bits per heavy atom. The molecule has 6 nitrogen and oxygen atoms in total. The molecule has 0 aliphatic heterocycles. The average Bonchev–Trinajstić information content (AvgIpc) is 3.32.